The van der Waals surface area contributed by atoms with E-state index in [0.717, 1.165) is 22.7 Å². The molecule has 2 N–H and O–H groups in total. The summed E-state index contributed by atoms with van der Waals surface area (Å²) in [4.78, 5) is 0. The standard InChI is InChI=1S/C13H18BrNO/c1-9(7-15)11-3-2-4-12(14)13(11)16-8-10-5-6-10/h2-4,9-10H,5-8,15H2,1H3. The van der Waals surface area contributed by atoms with Crippen LogP contribution in [0.3, 0.4) is 0 Å². The van der Waals surface area contributed by atoms with Crippen molar-refractivity contribution in [3.8, 4) is 5.75 Å². The first-order chi connectivity index (χ1) is 7.72. The maximum absolute atomic E-state index is 5.91. The third-order valence-electron chi connectivity index (χ3n) is 3.04. The number of rotatable bonds is 5. The molecular formula is C13H18BrNO. The molecule has 1 aromatic carbocycles. The second-order valence-electron chi connectivity index (χ2n) is 4.55. The van der Waals surface area contributed by atoms with Gasteiger partial charge in [-0.05, 0) is 58.8 Å². The van der Waals surface area contributed by atoms with E-state index in [1.165, 1.54) is 18.4 Å². The molecule has 1 aromatic rings. The average Bonchev–Trinajstić information content (AvgIpc) is 3.10. The van der Waals surface area contributed by atoms with E-state index >= 15 is 0 Å². The van der Waals surface area contributed by atoms with Crippen LogP contribution in [0.25, 0.3) is 0 Å². The highest BCUT2D eigenvalue weighted by molar-refractivity contribution is 9.10. The predicted octanol–water partition coefficient (Wildman–Crippen LogP) is 3.30. The van der Waals surface area contributed by atoms with Crippen LogP contribution in [0.4, 0.5) is 0 Å². The Morgan fingerprint density at radius 2 is 2.25 bits per heavy atom. The van der Waals surface area contributed by atoms with E-state index < -0.39 is 0 Å². The van der Waals surface area contributed by atoms with Gasteiger partial charge in [-0.25, -0.2) is 0 Å². The Morgan fingerprint density at radius 3 is 2.88 bits per heavy atom. The van der Waals surface area contributed by atoms with E-state index in [1.54, 1.807) is 0 Å². The third kappa shape index (κ3) is 2.77. The lowest BCUT2D eigenvalue weighted by Crippen LogP contribution is -2.11. The Labute approximate surface area is 105 Å². The van der Waals surface area contributed by atoms with Crippen molar-refractivity contribution in [3.63, 3.8) is 0 Å². The molecule has 2 rings (SSSR count). The molecule has 16 heavy (non-hydrogen) atoms. The lowest BCUT2D eigenvalue weighted by Gasteiger charge is -2.17. The molecule has 1 aliphatic carbocycles. The fourth-order valence-corrected chi connectivity index (χ4v) is 2.17. The van der Waals surface area contributed by atoms with Crippen LogP contribution in [0.15, 0.2) is 22.7 Å². The zero-order valence-corrected chi connectivity index (χ0v) is 11.2. The molecule has 1 unspecified atom stereocenters. The first-order valence-corrected chi connectivity index (χ1v) is 6.63. The molecule has 88 valence electrons. The molecule has 0 amide bonds. The van der Waals surface area contributed by atoms with Gasteiger partial charge in [0.1, 0.15) is 5.75 Å². The number of hydrogen-bond donors (Lipinski definition) is 1. The van der Waals surface area contributed by atoms with E-state index in [-0.39, 0.29) is 0 Å². The van der Waals surface area contributed by atoms with Crippen molar-refractivity contribution in [1.29, 1.82) is 0 Å². The first-order valence-electron chi connectivity index (χ1n) is 5.83. The van der Waals surface area contributed by atoms with E-state index in [0.29, 0.717) is 12.5 Å². The quantitative estimate of drug-likeness (QED) is 0.900. The average molecular weight is 284 g/mol. The molecular weight excluding hydrogens is 266 g/mol. The van der Waals surface area contributed by atoms with Gasteiger partial charge < -0.3 is 10.5 Å². The molecule has 2 nitrogen and oxygen atoms in total. The van der Waals surface area contributed by atoms with Gasteiger partial charge in [-0.1, -0.05) is 19.1 Å². The molecule has 0 spiro atoms. The summed E-state index contributed by atoms with van der Waals surface area (Å²) in [6, 6.07) is 6.16. The lowest BCUT2D eigenvalue weighted by molar-refractivity contribution is 0.293. The minimum atomic E-state index is 0.340. The number of hydrogen-bond acceptors (Lipinski definition) is 2. The van der Waals surface area contributed by atoms with E-state index in [1.807, 2.05) is 12.1 Å². The minimum Gasteiger partial charge on any atom is -0.492 e. The van der Waals surface area contributed by atoms with Crippen molar-refractivity contribution in [2.75, 3.05) is 13.2 Å². The van der Waals surface area contributed by atoms with Gasteiger partial charge in [0.15, 0.2) is 0 Å². The van der Waals surface area contributed by atoms with E-state index in [9.17, 15) is 0 Å². The SMILES string of the molecule is CC(CN)c1cccc(Br)c1OCC1CC1. The monoisotopic (exact) mass is 283 g/mol. The fourth-order valence-electron chi connectivity index (χ4n) is 1.68. The highest BCUT2D eigenvalue weighted by Crippen LogP contribution is 2.36. The molecule has 0 bridgehead atoms. The highest BCUT2D eigenvalue weighted by atomic mass is 79.9. The second kappa shape index (κ2) is 5.19. The summed E-state index contributed by atoms with van der Waals surface area (Å²) >= 11 is 3.55. The molecule has 1 atom stereocenters. The summed E-state index contributed by atoms with van der Waals surface area (Å²) < 4.78 is 6.95. The normalized spacial score (nSPS) is 17.2. The summed E-state index contributed by atoms with van der Waals surface area (Å²) in [5.74, 6) is 2.09. The number of halogens is 1. The summed E-state index contributed by atoms with van der Waals surface area (Å²) in [5, 5.41) is 0. The van der Waals surface area contributed by atoms with Gasteiger partial charge >= 0.3 is 0 Å². The molecule has 0 heterocycles. The maximum atomic E-state index is 5.91. The van der Waals surface area contributed by atoms with Crippen molar-refractivity contribution < 1.29 is 4.74 Å². The van der Waals surface area contributed by atoms with Crippen LogP contribution in [-0.2, 0) is 0 Å². The van der Waals surface area contributed by atoms with Gasteiger partial charge in [0.25, 0.3) is 0 Å². The number of nitrogens with two attached hydrogens (primary N) is 1. The van der Waals surface area contributed by atoms with Crippen molar-refractivity contribution in [3.05, 3.63) is 28.2 Å². The summed E-state index contributed by atoms with van der Waals surface area (Å²) in [5.41, 5.74) is 6.93. The Bertz CT molecular complexity index is 363. The molecule has 3 heteroatoms. The van der Waals surface area contributed by atoms with Crippen LogP contribution >= 0.6 is 15.9 Å². The van der Waals surface area contributed by atoms with Crippen LogP contribution in [0.5, 0.6) is 5.75 Å². The first kappa shape index (κ1) is 11.9. The second-order valence-corrected chi connectivity index (χ2v) is 5.40. The number of para-hydroxylation sites is 1. The molecule has 0 saturated heterocycles. The van der Waals surface area contributed by atoms with Gasteiger partial charge in [0, 0.05) is 0 Å². The molecule has 0 radical (unpaired) electrons. The van der Waals surface area contributed by atoms with E-state index in [4.69, 9.17) is 10.5 Å². The van der Waals surface area contributed by atoms with Crippen molar-refractivity contribution >= 4 is 15.9 Å². The fraction of sp³-hybridized carbons (Fsp3) is 0.538. The van der Waals surface area contributed by atoms with Crippen LogP contribution in [0, 0.1) is 5.92 Å². The van der Waals surface area contributed by atoms with Crippen molar-refractivity contribution in [1.82, 2.24) is 0 Å². The van der Waals surface area contributed by atoms with Gasteiger partial charge in [-0.15, -0.1) is 0 Å². The Morgan fingerprint density at radius 1 is 1.50 bits per heavy atom. The highest BCUT2D eigenvalue weighted by Gasteiger charge is 2.23. The van der Waals surface area contributed by atoms with Crippen LogP contribution in [-0.4, -0.2) is 13.2 Å². The zero-order chi connectivity index (χ0) is 11.5. The lowest BCUT2D eigenvalue weighted by atomic mass is 10.0. The number of benzene rings is 1. The molecule has 0 aromatic heterocycles. The largest absolute Gasteiger partial charge is 0.492 e. The predicted molar refractivity (Wildman–Crippen MR) is 69.8 cm³/mol. The van der Waals surface area contributed by atoms with E-state index in [2.05, 4.69) is 28.9 Å². The Hall–Kier alpha value is -0.540. The molecule has 1 aliphatic rings. The molecule has 1 saturated carbocycles. The van der Waals surface area contributed by atoms with Gasteiger partial charge in [-0.2, -0.15) is 0 Å². The van der Waals surface area contributed by atoms with Gasteiger partial charge in [-0.3, -0.25) is 0 Å². The smallest absolute Gasteiger partial charge is 0.136 e. The topological polar surface area (TPSA) is 35.2 Å². The molecule has 0 aliphatic heterocycles. The van der Waals surface area contributed by atoms with Gasteiger partial charge in [0.2, 0.25) is 0 Å². The van der Waals surface area contributed by atoms with Crippen molar-refractivity contribution in [2.45, 2.75) is 25.7 Å². The van der Waals surface area contributed by atoms with Crippen LogP contribution < -0.4 is 10.5 Å². The van der Waals surface area contributed by atoms with Gasteiger partial charge in [0.05, 0.1) is 11.1 Å². The van der Waals surface area contributed by atoms with Crippen molar-refractivity contribution in [2.24, 2.45) is 11.7 Å². The zero-order valence-electron chi connectivity index (χ0n) is 9.58. The molecule has 1 fully saturated rings. The van der Waals surface area contributed by atoms with Crippen LogP contribution in [0.2, 0.25) is 0 Å². The summed E-state index contributed by atoms with van der Waals surface area (Å²) in [7, 11) is 0. The Kier molecular flexibility index (Phi) is 3.87. The summed E-state index contributed by atoms with van der Waals surface area (Å²) in [6.45, 7) is 3.62. The summed E-state index contributed by atoms with van der Waals surface area (Å²) in [6.07, 6.45) is 2.62. The third-order valence-corrected chi connectivity index (χ3v) is 3.67. The van der Waals surface area contributed by atoms with Crippen LogP contribution in [0.1, 0.15) is 31.2 Å². The number of ether oxygens (including phenoxy) is 1. The minimum absolute atomic E-state index is 0.340. The Balaban J connectivity index is 2.17. The maximum Gasteiger partial charge on any atom is 0.136 e.